The van der Waals surface area contributed by atoms with Crippen LogP contribution in [0.15, 0.2) is 107 Å². The first-order valence-electron chi connectivity index (χ1n) is 18.0. The molecule has 20 nitrogen and oxygen atoms in total. The van der Waals surface area contributed by atoms with E-state index in [4.69, 9.17) is 0 Å². The molecule has 0 aliphatic rings. The van der Waals surface area contributed by atoms with Crippen molar-refractivity contribution in [3.63, 3.8) is 0 Å². The first kappa shape index (κ1) is 49.8. The van der Waals surface area contributed by atoms with Crippen molar-refractivity contribution < 1.29 is 98.1 Å². The molecule has 2 unspecified atom stereocenters. The van der Waals surface area contributed by atoms with E-state index in [1.807, 2.05) is 36.4 Å². The van der Waals surface area contributed by atoms with Gasteiger partial charge in [-0.3, -0.25) is 9.11 Å². The normalized spacial score (nSPS) is 12.3. The van der Waals surface area contributed by atoms with E-state index in [0.717, 1.165) is 12.1 Å². The molecule has 10 N–H and O–H groups in total. The second-order valence-corrected chi connectivity index (χ2v) is 15.9. The zero-order valence-electron chi connectivity index (χ0n) is 35.9. The molecule has 0 amide bonds. The average molecular weight is 905 g/mol. The first-order chi connectivity index (χ1) is 28.6. The Morgan fingerprint density at radius 2 is 0.806 bits per heavy atom. The Hall–Kier alpha value is -4.82. The second kappa shape index (κ2) is 22.5. The van der Waals surface area contributed by atoms with Gasteiger partial charge in [-0.25, -0.2) is 0 Å². The Labute approximate surface area is 404 Å². The molecule has 0 saturated heterocycles. The molecule has 0 aliphatic heterocycles. The number of aliphatic hydroxyl groups is 2. The van der Waals surface area contributed by atoms with Gasteiger partial charge in [0.2, 0.25) is 35.7 Å². The molecule has 0 radical (unpaired) electrons. The zero-order valence-corrected chi connectivity index (χ0v) is 39.5. The molecule has 0 fully saturated rings. The van der Waals surface area contributed by atoms with Gasteiger partial charge >= 0.3 is 59.1 Å². The predicted octanol–water partition coefficient (Wildman–Crippen LogP) is -0.487. The van der Waals surface area contributed by atoms with Crippen molar-refractivity contribution in [2.75, 3.05) is 45.0 Å². The Bertz CT molecular complexity index is 2530. The Kier molecular flexibility index (Phi) is 18.1. The van der Waals surface area contributed by atoms with Crippen LogP contribution in [0.5, 0.6) is 0 Å². The first-order valence-corrected chi connectivity index (χ1v) is 20.9. The monoisotopic (exact) mass is 904 g/mol. The Morgan fingerprint density at radius 1 is 0.500 bits per heavy atom. The van der Waals surface area contributed by atoms with Gasteiger partial charge in [0.05, 0.1) is 12.2 Å². The van der Waals surface area contributed by atoms with Crippen LogP contribution in [0.3, 0.4) is 0 Å². The molecule has 2 heterocycles. The van der Waals surface area contributed by atoms with Crippen molar-refractivity contribution in [3.05, 3.63) is 108 Å². The molecule has 0 spiro atoms. The van der Waals surface area contributed by atoms with E-state index >= 15 is 0 Å². The number of para-hydroxylation sites is 2. The van der Waals surface area contributed by atoms with Crippen molar-refractivity contribution >= 4 is 90.8 Å². The number of hydrogen-bond acceptors (Lipinski definition) is 18. The molecular formula is C38H42N12Na2O8S2. The van der Waals surface area contributed by atoms with Crippen molar-refractivity contribution in [2.24, 2.45) is 0 Å². The molecular weight excluding hydrogens is 863 g/mol. The third-order valence-corrected chi connectivity index (χ3v) is 9.80. The summed E-state index contributed by atoms with van der Waals surface area (Å²) in [4.78, 5) is 24.9. The van der Waals surface area contributed by atoms with E-state index in [1.165, 1.54) is 36.4 Å². The fraction of sp³-hybridized carbons (Fsp3) is 0.158. The molecule has 2 atom stereocenters. The summed E-state index contributed by atoms with van der Waals surface area (Å²) in [5.74, 6) is 0.436. The number of anilines is 10. The largest absolute Gasteiger partial charge is 1.00 e. The van der Waals surface area contributed by atoms with E-state index in [2.05, 4.69) is 61.8 Å². The topological polar surface area (TPSA) is 299 Å². The van der Waals surface area contributed by atoms with Crippen LogP contribution in [-0.2, 0) is 20.2 Å². The minimum atomic E-state index is -4.86. The van der Waals surface area contributed by atoms with Gasteiger partial charge in [-0.2, -0.15) is 46.7 Å². The predicted molar refractivity (Wildman–Crippen MR) is 230 cm³/mol. The molecule has 24 heteroatoms. The van der Waals surface area contributed by atoms with Gasteiger partial charge in [0.25, 0.3) is 20.2 Å². The number of aliphatic hydroxyl groups excluding tert-OH is 2. The van der Waals surface area contributed by atoms with Crippen LogP contribution in [0.25, 0.3) is 12.2 Å². The van der Waals surface area contributed by atoms with Gasteiger partial charge in [-0.15, -0.1) is 0 Å². The third kappa shape index (κ3) is 14.9. The van der Waals surface area contributed by atoms with E-state index in [9.17, 15) is 36.2 Å². The molecule has 0 aliphatic carbocycles. The second-order valence-electron chi connectivity index (χ2n) is 13.1. The summed E-state index contributed by atoms with van der Waals surface area (Å²) in [6, 6.07) is 26.0. The number of benzene rings is 4. The smallest absolute Gasteiger partial charge is 1.00 e. The molecule has 0 bridgehead atoms. The van der Waals surface area contributed by atoms with Crippen LogP contribution in [0.1, 0.15) is 27.8 Å². The standard InChI is InChI=1S/C38H40N12O8S2.2Na.2H/c1-23(51)21-39-33-45-35(41-27-9-5-3-6-10-27)49-37(47-33)43-29-17-15-25(31(19-29)59(53,54)55)13-14-26-16-18-30(20-32(26)60(56,57)58)44-38-48-34(40-22-24(2)52)46-36(50-38)42-28-11-7-4-8-12-28;;;;/h3-20,23-24,51-52H,21-22H2,1-2H3,(H,53,54,55)(H,56,57,58)(H3,39,41,43,45,47,49)(H3,40,42,44,46,48,50);;;;/q;2*+1;2*-1/b14-13+;;;;. The molecule has 2 aromatic heterocycles. The van der Waals surface area contributed by atoms with Crippen LogP contribution < -0.4 is 91.0 Å². The van der Waals surface area contributed by atoms with Crippen molar-refractivity contribution in [2.45, 2.75) is 35.8 Å². The maximum absolute atomic E-state index is 12.6. The Balaban J connectivity index is 0.00000352. The third-order valence-electron chi connectivity index (χ3n) is 7.98. The van der Waals surface area contributed by atoms with Gasteiger partial charge in [0.15, 0.2) is 0 Å². The Morgan fingerprint density at radius 3 is 1.11 bits per heavy atom. The number of nitrogens with one attached hydrogen (secondary N) is 6. The summed E-state index contributed by atoms with van der Waals surface area (Å²) in [5.41, 5.74) is 1.58. The fourth-order valence-electron chi connectivity index (χ4n) is 5.30. The van der Waals surface area contributed by atoms with Gasteiger partial charge in [0, 0.05) is 35.8 Å². The van der Waals surface area contributed by atoms with E-state index in [-0.39, 0.29) is 133 Å². The van der Waals surface area contributed by atoms with E-state index in [0.29, 0.717) is 11.4 Å². The summed E-state index contributed by atoms with van der Waals surface area (Å²) in [5, 5.41) is 37.2. The fourth-order valence-corrected chi connectivity index (χ4v) is 6.72. The summed E-state index contributed by atoms with van der Waals surface area (Å²) < 4.78 is 70.9. The van der Waals surface area contributed by atoms with Gasteiger partial charge in [-0.05, 0) is 73.5 Å². The molecule has 316 valence electrons. The number of hydrogen-bond donors (Lipinski definition) is 10. The SMILES string of the molecule is CC(O)CNc1nc(Nc2ccccc2)nc(Nc2ccc(/C=C/c3ccc(Nc4nc(NCC(C)O)nc(Nc5ccccc5)n4)cc3S(=O)(=O)O)c(S(=O)(=O)O)c2)n1.[H-].[H-].[Na+].[Na+]. The van der Waals surface area contributed by atoms with Crippen LogP contribution in [0, 0.1) is 0 Å². The number of rotatable bonds is 18. The molecule has 4 aromatic carbocycles. The van der Waals surface area contributed by atoms with Crippen molar-refractivity contribution in [1.29, 1.82) is 0 Å². The maximum atomic E-state index is 12.6. The summed E-state index contributed by atoms with van der Waals surface area (Å²) in [7, 11) is -9.72. The number of aromatic nitrogens is 6. The van der Waals surface area contributed by atoms with Crippen molar-refractivity contribution in [1.82, 2.24) is 29.9 Å². The van der Waals surface area contributed by atoms with E-state index < -0.39 is 42.2 Å². The molecule has 0 saturated carbocycles. The van der Waals surface area contributed by atoms with Crippen molar-refractivity contribution in [3.8, 4) is 0 Å². The van der Waals surface area contributed by atoms with Crippen LogP contribution in [-0.4, -0.2) is 91.4 Å². The molecule has 62 heavy (non-hydrogen) atoms. The zero-order chi connectivity index (χ0) is 42.9. The average Bonchev–Trinajstić information content (AvgIpc) is 3.19. The maximum Gasteiger partial charge on any atom is 1.00 e. The quantitative estimate of drug-likeness (QED) is 0.0296. The van der Waals surface area contributed by atoms with Gasteiger partial charge in [-0.1, -0.05) is 60.7 Å². The minimum Gasteiger partial charge on any atom is -1.00 e. The summed E-state index contributed by atoms with van der Waals surface area (Å²) in [6.07, 6.45) is 1.06. The van der Waals surface area contributed by atoms with Crippen LogP contribution in [0.4, 0.5) is 58.4 Å². The number of nitrogens with zero attached hydrogens (tertiary/aromatic N) is 6. The minimum absolute atomic E-state index is 0. The van der Waals surface area contributed by atoms with Crippen LogP contribution in [0.2, 0.25) is 0 Å². The molecule has 6 rings (SSSR count). The van der Waals surface area contributed by atoms with E-state index in [1.54, 1.807) is 38.1 Å². The van der Waals surface area contributed by atoms with Gasteiger partial charge < -0.3 is 45.0 Å². The van der Waals surface area contributed by atoms with Gasteiger partial charge in [0.1, 0.15) is 9.79 Å². The summed E-state index contributed by atoms with van der Waals surface area (Å²) >= 11 is 0. The van der Waals surface area contributed by atoms with Crippen LogP contribution >= 0.6 is 0 Å². The summed E-state index contributed by atoms with van der Waals surface area (Å²) in [6.45, 7) is 3.40. The molecule has 6 aromatic rings.